The van der Waals surface area contributed by atoms with Crippen molar-refractivity contribution in [2.45, 2.75) is 69.4 Å². The average molecular weight is 1740 g/mol. The number of benzene rings is 21. The highest BCUT2D eigenvalue weighted by Gasteiger charge is 2.37. The van der Waals surface area contributed by atoms with Crippen molar-refractivity contribution < 1.29 is 0 Å². The molecule has 0 N–H and O–H groups in total. The van der Waals surface area contributed by atoms with Gasteiger partial charge in [-0.05, 0) is 282 Å². The molecule has 6 heterocycles. The van der Waals surface area contributed by atoms with E-state index < -0.39 is 0 Å². The Kier molecular flexibility index (Phi) is 18.1. The van der Waals surface area contributed by atoms with E-state index in [0.29, 0.717) is 0 Å². The van der Waals surface area contributed by atoms with Crippen LogP contribution in [-0.4, -0.2) is 28.7 Å². The van der Waals surface area contributed by atoms with Crippen molar-refractivity contribution in [2.24, 2.45) is 0 Å². The van der Waals surface area contributed by atoms with E-state index in [9.17, 15) is 0 Å². The molecule has 3 aliphatic heterocycles. The van der Waals surface area contributed by atoms with Crippen LogP contribution in [0.5, 0.6) is 0 Å². The maximum atomic E-state index is 4.88. The van der Waals surface area contributed by atoms with Crippen molar-refractivity contribution in [1.29, 1.82) is 0 Å². The molecule has 21 aromatic carbocycles. The summed E-state index contributed by atoms with van der Waals surface area (Å²) in [4.78, 5) is 22.1. The minimum absolute atomic E-state index is 0.0495. The van der Waals surface area contributed by atoms with Gasteiger partial charge in [-0.3, -0.25) is 13.7 Å². The summed E-state index contributed by atoms with van der Waals surface area (Å²) in [6, 6.07) is 149. The van der Waals surface area contributed by atoms with E-state index >= 15 is 0 Å². The number of imidazole rings is 3. The summed E-state index contributed by atoms with van der Waals surface area (Å²) >= 11 is 5.55. The lowest BCUT2D eigenvalue weighted by Gasteiger charge is -2.23. The van der Waals surface area contributed by atoms with Crippen LogP contribution in [0, 0.1) is 20.8 Å². The maximum Gasteiger partial charge on any atom is 0.111 e. The Hall–Kier alpha value is -15.4. The predicted molar refractivity (Wildman–Crippen MR) is 556 cm³/mol. The zero-order valence-electron chi connectivity index (χ0n) is 73.1. The van der Waals surface area contributed by atoms with Gasteiger partial charge in [0.1, 0.15) is 17.5 Å². The van der Waals surface area contributed by atoms with E-state index in [1.165, 1.54) is 239 Å². The number of fused-ring (bicyclic) bond motifs is 15. The molecule has 622 valence electrons. The molecule has 0 saturated heterocycles. The van der Waals surface area contributed by atoms with Crippen LogP contribution in [0.1, 0.15) is 42.4 Å². The molecule has 9 heteroatoms. The smallest absolute Gasteiger partial charge is 0.111 e. The molecule has 0 fully saturated rings. The number of hydrogen-bond donors (Lipinski definition) is 0. The molecule has 6 nitrogen and oxygen atoms in total. The highest BCUT2D eigenvalue weighted by atomic mass is 32.2. The second-order valence-corrected chi connectivity index (χ2v) is 38.8. The standard InChI is InChI=1S/C43H30N2S.2C40H26N2S/c1-25-44-36-17-10-18-38-42(36)45(25)37-22-20-27(24-39(37)46-38)41-32-14-6-4-12-30(32)40(31-13-5-7-15-33(31)41)26-19-21-29-28-11-8-9-16-34(28)43(2,3)35(29)23-26;1-25-41-34-19-10-20-36-40(34)42(25)35-22-21-29(24-37(35)43-36)39-32-17-7-5-15-30(32)38(31-16-6-8-18-33(31)39)28-14-9-13-27(23-28)26-11-3-2-4-12-26;1-25-41-34-16-9-17-36-40(34)42(25)35-23-22-29(24-37(35)43-36)39-32-14-7-5-12-30(32)38(31-13-6-8-15-33(31)39)28-20-18-27(19-21-28)26-10-3-2-4-11-26/h4-24H,1-3H3;2*2-24H,1H3. The molecule has 0 bridgehead atoms. The van der Waals surface area contributed by atoms with Gasteiger partial charge in [0.25, 0.3) is 0 Å². The molecule has 0 amide bonds. The van der Waals surface area contributed by atoms with E-state index in [4.69, 9.17) is 15.0 Å². The van der Waals surface area contributed by atoms with E-state index in [2.05, 4.69) is 455 Å². The van der Waals surface area contributed by atoms with Gasteiger partial charge in [-0.25, -0.2) is 15.0 Å². The van der Waals surface area contributed by atoms with Crippen LogP contribution in [0.25, 0.3) is 215 Å². The topological polar surface area (TPSA) is 53.5 Å². The SMILES string of the molecule is Cc1nc2cccc3c2n1-c1ccc(-c2c4ccccc4c(-c4ccc(-c5ccccc5)cc4)c4ccccc24)cc1S3.Cc1nc2cccc3c2n1-c1ccc(-c2c4ccccc4c(-c4ccc5c(c4)C(C)(C)c4ccccc4-5)c4ccccc24)cc1S3.Cc1nc2cccc3c2n1-c1ccc(-c2c4ccccc4c(-c4cccc(-c5ccccc5)c4)c4ccccc24)cc1S3. The summed E-state index contributed by atoms with van der Waals surface area (Å²) in [5.41, 5.74) is 36.0. The number of aromatic nitrogens is 6. The number of nitrogens with zero attached hydrogens (tertiary/aromatic N) is 6. The van der Waals surface area contributed by atoms with Gasteiger partial charge >= 0.3 is 0 Å². The highest BCUT2D eigenvalue weighted by molar-refractivity contribution is 8.00. The van der Waals surface area contributed by atoms with Crippen molar-refractivity contribution in [2.75, 3.05) is 0 Å². The second kappa shape index (κ2) is 30.7. The Labute approximate surface area is 777 Å². The van der Waals surface area contributed by atoms with Gasteiger partial charge in [0, 0.05) is 34.8 Å². The third kappa shape index (κ3) is 12.3. The summed E-state index contributed by atoms with van der Waals surface area (Å²) in [6.45, 7) is 11.0. The van der Waals surface area contributed by atoms with Gasteiger partial charge in [-0.2, -0.15) is 0 Å². The molecule has 28 rings (SSSR count). The Bertz CT molecular complexity index is 8830. The number of aryl methyl sites for hydroxylation is 3. The van der Waals surface area contributed by atoms with Crippen molar-refractivity contribution in [3.63, 3.8) is 0 Å². The fourth-order valence-corrected chi connectivity index (χ4v) is 25.4. The monoisotopic (exact) mass is 1740 g/mol. The van der Waals surface area contributed by atoms with Crippen molar-refractivity contribution in [3.05, 3.63) is 435 Å². The fraction of sp³-hybridized carbons (Fsp3) is 0.0488. The van der Waals surface area contributed by atoms with Gasteiger partial charge < -0.3 is 0 Å². The minimum atomic E-state index is -0.0495. The lowest BCUT2D eigenvalue weighted by molar-refractivity contribution is 0.660. The first-order valence-electron chi connectivity index (χ1n) is 45.3. The molecule has 24 aromatic rings. The van der Waals surface area contributed by atoms with E-state index in [1.807, 2.05) is 35.3 Å². The summed E-state index contributed by atoms with van der Waals surface area (Å²) in [6.07, 6.45) is 0. The lowest BCUT2D eigenvalue weighted by Crippen LogP contribution is -2.14. The molecule has 3 aromatic heterocycles. The van der Waals surface area contributed by atoms with Crippen LogP contribution >= 0.6 is 35.3 Å². The molecule has 0 radical (unpaired) electrons. The van der Waals surface area contributed by atoms with Crippen LogP contribution < -0.4 is 0 Å². The third-order valence-electron chi connectivity index (χ3n) is 27.8. The molecule has 0 unspecified atom stereocenters. The van der Waals surface area contributed by atoms with E-state index in [0.717, 1.165) is 34.0 Å². The molecular formula is C123H82N6S3. The third-order valence-corrected chi connectivity index (χ3v) is 31.0. The van der Waals surface area contributed by atoms with Crippen LogP contribution in [-0.2, 0) is 5.41 Å². The first kappa shape index (κ1) is 77.7. The molecule has 0 saturated carbocycles. The van der Waals surface area contributed by atoms with Gasteiger partial charge in [-0.1, -0.05) is 371 Å². The van der Waals surface area contributed by atoms with Crippen LogP contribution in [0.3, 0.4) is 0 Å². The molecule has 0 spiro atoms. The number of hydrogen-bond acceptors (Lipinski definition) is 6. The van der Waals surface area contributed by atoms with Crippen LogP contribution in [0.4, 0.5) is 0 Å². The average Bonchev–Trinajstić information content (AvgIpc) is 1.32. The molecule has 132 heavy (non-hydrogen) atoms. The molecular weight excluding hydrogens is 1660 g/mol. The summed E-state index contributed by atoms with van der Waals surface area (Å²) in [5, 5.41) is 15.3. The number of rotatable bonds is 8. The zero-order valence-corrected chi connectivity index (χ0v) is 75.5. The minimum Gasteiger partial charge on any atom is -0.294 e. The van der Waals surface area contributed by atoms with Crippen molar-refractivity contribution in [1.82, 2.24) is 28.7 Å². The van der Waals surface area contributed by atoms with Gasteiger partial charge in [0.2, 0.25) is 0 Å². The number of para-hydroxylation sites is 3. The summed E-state index contributed by atoms with van der Waals surface area (Å²) in [7, 11) is 0. The maximum absolute atomic E-state index is 4.88. The Morgan fingerprint density at radius 2 is 0.455 bits per heavy atom. The van der Waals surface area contributed by atoms with Crippen molar-refractivity contribution >= 4 is 133 Å². The first-order valence-corrected chi connectivity index (χ1v) is 47.7. The van der Waals surface area contributed by atoms with Crippen LogP contribution in [0.2, 0.25) is 0 Å². The van der Waals surface area contributed by atoms with Gasteiger partial charge in [-0.15, -0.1) is 0 Å². The normalized spacial score (nSPS) is 12.9. The highest BCUT2D eigenvalue weighted by Crippen LogP contribution is 2.56. The summed E-state index contributed by atoms with van der Waals surface area (Å²) in [5.74, 6) is 3.07. The van der Waals surface area contributed by atoms with E-state index in [-0.39, 0.29) is 5.41 Å². The van der Waals surface area contributed by atoms with E-state index in [1.54, 1.807) is 0 Å². The molecule has 0 atom stereocenters. The molecule has 4 aliphatic rings. The van der Waals surface area contributed by atoms with Crippen LogP contribution in [0.15, 0.2) is 436 Å². The first-order chi connectivity index (χ1) is 65.0. The zero-order chi connectivity index (χ0) is 87.7. The Morgan fingerprint density at radius 3 is 0.826 bits per heavy atom. The van der Waals surface area contributed by atoms with Gasteiger partial charge in [0.15, 0.2) is 0 Å². The van der Waals surface area contributed by atoms with Gasteiger partial charge in [0.05, 0.1) is 50.2 Å². The Balaban J connectivity index is 0.000000104. The second-order valence-electron chi connectivity index (χ2n) is 35.6. The molecule has 1 aliphatic carbocycles. The summed E-state index contributed by atoms with van der Waals surface area (Å²) < 4.78 is 6.96. The Morgan fingerprint density at radius 1 is 0.197 bits per heavy atom. The fourth-order valence-electron chi connectivity index (χ4n) is 22.0. The largest absolute Gasteiger partial charge is 0.294 e. The lowest BCUT2D eigenvalue weighted by atomic mass is 9.80. The van der Waals surface area contributed by atoms with Crippen molar-refractivity contribution in [3.8, 4) is 117 Å². The predicted octanol–water partition coefficient (Wildman–Crippen LogP) is 34.0. The quantitative estimate of drug-likeness (QED) is 0.141.